The van der Waals surface area contributed by atoms with Crippen molar-refractivity contribution in [2.45, 2.75) is 57.5 Å². The first kappa shape index (κ1) is 19.2. The van der Waals surface area contributed by atoms with E-state index in [2.05, 4.69) is 9.97 Å². The predicted molar refractivity (Wildman–Crippen MR) is 109 cm³/mol. The monoisotopic (exact) mass is 399 g/mol. The summed E-state index contributed by atoms with van der Waals surface area (Å²) < 4.78 is 6.07. The van der Waals surface area contributed by atoms with E-state index in [1.807, 2.05) is 49.1 Å². The average molecular weight is 400 g/mol. The molecule has 2 heterocycles. The Morgan fingerprint density at radius 2 is 1.89 bits per heavy atom. The number of halogens is 1. The number of ether oxygens (including phenoxy) is 1. The lowest BCUT2D eigenvalue weighted by Gasteiger charge is -2.33. The quantitative estimate of drug-likeness (QED) is 0.771. The molecule has 1 amide bonds. The van der Waals surface area contributed by atoms with Crippen LogP contribution >= 0.6 is 11.6 Å². The van der Waals surface area contributed by atoms with Gasteiger partial charge in [0.2, 0.25) is 11.8 Å². The summed E-state index contributed by atoms with van der Waals surface area (Å²) >= 11 is 6.07. The standard InChI is InChI=1S/C22H26ClN3O2/c1-15-13-20(25-16(2)24-15)28-19-9-12-26(14-19)21(27)22(10-3-4-11-22)17-5-7-18(23)8-6-17/h5-8,13,19H,3-4,9-12,14H2,1-2H3. The number of hydrogen-bond acceptors (Lipinski definition) is 4. The third kappa shape index (κ3) is 3.72. The molecule has 0 N–H and O–H groups in total. The molecule has 2 aromatic rings. The van der Waals surface area contributed by atoms with Crippen LogP contribution in [-0.4, -0.2) is 40.0 Å². The van der Waals surface area contributed by atoms with E-state index in [0.717, 1.165) is 49.9 Å². The maximum absolute atomic E-state index is 13.6. The summed E-state index contributed by atoms with van der Waals surface area (Å²) in [6, 6.07) is 9.66. The molecule has 0 radical (unpaired) electrons. The zero-order chi connectivity index (χ0) is 19.7. The Kier molecular flexibility index (Phi) is 5.28. The van der Waals surface area contributed by atoms with E-state index in [-0.39, 0.29) is 12.0 Å². The Balaban J connectivity index is 1.49. The number of hydrogen-bond donors (Lipinski definition) is 0. The van der Waals surface area contributed by atoms with E-state index in [1.54, 1.807) is 0 Å². The number of carbonyl (C=O) groups is 1. The van der Waals surface area contributed by atoms with Crippen LogP contribution in [0.25, 0.3) is 0 Å². The molecule has 1 saturated carbocycles. The second-order valence-corrected chi connectivity index (χ2v) is 8.41. The molecule has 1 aliphatic carbocycles. The second kappa shape index (κ2) is 7.70. The zero-order valence-electron chi connectivity index (χ0n) is 16.4. The van der Waals surface area contributed by atoms with Crippen LogP contribution in [0.3, 0.4) is 0 Å². The van der Waals surface area contributed by atoms with Gasteiger partial charge in [-0.05, 0) is 44.4 Å². The maximum atomic E-state index is 13.6. The van der Waals surface area contributed by atoms with E-state index < -0.39 is 5.41 Å². The van der Waals surface area contributed by atoms with Crippen molar-refractivity contribution >= 4 is 17.5 Å². The molecular formula is C22H26ClN3O2. The molecule has 0 spiro atoms. The van der Waals surface area contributed by atoms with E-state index in [1.165, 1.54) is 0 Å². The summed E-state index contributed by atoms with van der Waals surface area (Å²) in [4.78, 5) is 24.2. The molecule has 1 saturated heterocycles. The summed E-state index contributed by atoms with van der Waals surface area (Å²) in [7, 11) is 0. The topological polar surface area (TPSA) is 55.3 Å². The van der Waals surface area contributed by atoms with E-state index in [0.29, 0.717) is 23.3 Å². The van der Waals surface area contributed by atoms with Gasteiger partial charge in [-0.2, -0.15) is 4.98 Å². The minimum atomic E-state index is -0.415. The number of nitrogens with zero attached hydrogens (tertiary/aromatic N) is 3. The normalized spacial score (nSPS) is 21.1. The van der Waals surface area contributed by atoms with Gasteiger partial charge in [-0.3, -0.25) is 4.79 Å². The van der Waals surface area contributed by atoms with Crippen molar-refractivity contribution in [3.05, 3.63) is 52.4 Å². The van der Waals surface area contributed by atoms with Crippen LogP contribution in [0.5, 0.6) is 5.88 Å². The van der Waals surface area contributed by atoms with Crippen molar-refractivity contribution in [1.29, 1.82) is 0 Å². The number of likely N-dealkylation sites (tertiary alicyclic amines) is 1. The van der Waals surface area contributed by atoms with Crippen LogP contribution in [0.2, 0.25) is 5.02 Å². The van der Waals surface area contributed by atoms with Crippen LogP contribution in [-0.2, 0) is 10.2 Å². The van der Waals surface area contributed by atoms with E-state index in [9.17, 15) is 4.79 Å². The van der Waals surface area contributed by atoms with Gasteiger partial charge in [0.1, 0.15) is 11.9 Å². The fourth-order valence-corrected chi connectivity index (χ4v) is 4.73. The van der Waals surface area contributed by atoms with E-state index in [4.69, 9.17) is 16.3 Å². The van der Waals surface area contributed by atoms with Crippen molar-refractivity contribution in [2.75, 3.05) is 13.1 Å². The third-order valence-corrected chi connectivity index (χ3v) is 6.18. The molecular weight excluding hydrogens is 374 g/mol. The lowest BCUT2D eigenvalue weighted by molar-refractivity contribution is -0.136. The molecule has 1 aromatic carbocycles. The zero-order valence-corrected chi connectivity index (χ0v) is 17.2. The highest BCUT2D eigenvalue weighted by Gasteiger charge is 2.46. The Labute approximate surface area is 171 Å². The number of aryl methyl sites for hydroxylation is 2. The van der Waals surface area contributed by atoms with Crippen LogP contribution in [0, 0.1) is 13.8 Å². The van der Waals surface area contributed by atoms with Gasteiger partial charge in [-0.25, -0.2) is 4.98 Å². The largest absolute Gasteiger partial charge is 0.472 e. The Morgan fingerprint density at radius 3 is 2.57 bits per heavy atom. The average Bonchev–Trinajstić information content (AvgIpc) is 3.31. The number of benzene rings is 1. The highest BCUT2D eigenvalue weighted by molar-refractivity contribution is 6.30. The second-order valence-electron chi connectivity index (χ2n) is 7.97. The van der Waals surface area contributed by atoms with Gasteiger partial charge in [-0.1, -0.05) is 36.6 Å². The van der Waals surface area contributed by atoms with Crippen LogP contribution in [0.15, 0.2) is 30.3 Å². The third-order valence-electron chi connectivity index (χ3n) is 5.93. The highest BCUT2D eigenvalue weighted by Crippen LogP contribution is 2.43. The SMILES string of the molecule is Cc1cc(OC2CCN(C(=O)C3(c4ccc(Cl)cc4)CCCC3)C2)nc(C)n1. The summed E-state index contributed by atoms with van der Waals surface area (Å²) in [5, 5.41) is 0.703. The molecule has 0 bridgehead atoms. The molecule has 1 unspecified atom stereocenters. The molecule has 2 fully saturated rings. The molecule has 6 heteroatoms. The summed E-state index contributed by atoms with van der Waals surface area (Å²) in [6.07, 6.45) is 4.77. The molecule has 1 atom stereocenters. The minimum Gasteiger partial charge on any atom is -0.472 e. The summed E-state index contributed by atoms with van der Waals surface area (Å²) in [5.41, 5.74) is 1.56. The van der Waals surface area contributed by atoms with Gasteiger partial charge < -0.3 is 9.64 Å². The van der Waals surface area contributed by atoms with Crippen molar-refractivity contribution in [3.8, 4) is 5.88 Å². The van der Waals surface area contributed by atoms with Crippen molar-refractivity contribution in [1.82, 2.24) is 14.9 Å². The number of carbonyl (C=O) groups excluding carboxylic acids is 1. The van der Waals surface area contributed by atoms with Gasteiger partial charge in [0.15, 0.2) is 0 Å². The van der Waals surface area contributed by atoms with Crippen molar-refractivity contribution < 1.29 is 9.53 Å². The smallest absolute Gasteiger partial charge is 0.233 e. The first-order valence-electron chi connectivity index (χ1n) is 10.0. The van der Waals surface area contributed by atoms with Crippen LogP contribution in [0.1, 0.15) is 49.2 Å². The van der Waals surface area contributed by atoms with Crippen LogP contribution < -0.4 is 4.74 Å². The molecule has 1 aromatic heterocycles. The van der Waals surface area contributed by atoms with Gasteiger partial charge in [0.25, 0.3) is 0 Å². The molecule has 2 aliphatic rings. The van der Waals surface area contributed by atoms with Crippen molar-refractivity contribution in [3.63, 3.8) is 0 Å². The molecule has 28 heavy (non-hydrogen) atoms. The van der Waals surface area contributed by atoms with Gasteiger partial charge in [0, 0.05) is 29.7 Å². The van der Waals surface area contributed by atoms with Gasteiger partial charge >= 0.3 is 0 Å². The Bertz CT molecular complexity index is 842. The predicted octanol–water partition coefficient (Wildman–Crippen LogP) is 4.24. The fraction of sp³-hybridized carbons (Fsp3) is 0.500. The lowest BCUT2D eigenvalue weighted by Crippen LogP contribution is -2.45. The Morgan fingerprint density at radius 1 is 1.18 bits per heavy atom. The summed E-state index contributed by atoms with van der Waals surface area (Å²) in [6.45, 7) is 5.13. The number of rotatable bonds is 4. The lowest BCUT2D eigenvalue weighted by atomic mass is 9.77. The van der Waals surface area contributed by atoms with Crippen LogP contribution in [0.4, 0.5) is 0 Å². The minimum absolute atomic E-state index is 0.0266. The first-order valence-corrected chi connectivity index (χ1v) is 10.4. The maximum Gasteiger partial charge on any atom is 0.233 e. The molecule has 5 nitrogen and oxygen atoms in total. The van der Waals surface area contributed by atoms with Gasteiger partial charge in [0.05, 0.1) is 12.0 Å². The fourth-order valence-electron chi connectivity index (χ4n) is 4.60. The molecule has 1 aliphatic heterocycles. The molecule has 4 rings (SSSR count). The number of aromatic nitrogens is 2. The number of amides is 1. The van der Waals surface area contributed by atoms with Crippen molar-refractivity contribution in [2.24, 2.45) is 0 Å². The Hall–Kier alpha value is -2.14. The summed E-state index contributed by atoms with van der Waals surface area (Å²) in [5.74, 6) is 1.53. The van der Waals surface area contributed by atoms with Gasteiger partial charge in [-0.15, -0.1) is 0 Å². The first-order chi connectivity index (χ1) is 13.5. The van der Waals surface area contributed by atoms with E-state index >= 15 is 0 Å². The molecule has 148 valence electrons. The highest BCUT2D eigenvalue weighted by atomic mass is 35.5.